The van der Waals surface area contributed by atoms with E-state index in [0.29, 0.717) is 12.4 Å². The largest absolute Gasteiger partial charge is 0.494 e. The van der Waals surface area contributed by atoms with Gasteiger partial charge in [-0.25, -0.2) is 4.39 Å². The Kier molecular flexibility index (Phi) is 5.15. The second-order valence-corrected chi connectivity index (χ2v) is 4.22. The molecule has 0 heterocycles. The Balaban J connectivity index is 1.85. The molecule has 2 rings (SSSR count). The minimum Gasteiger partial charge on any atom is -0.494 e. The molecule has 0 atom stereocenters. The molecule has 0 radical (unpaired) electrons. The number of halogens is 1. The van der Waals surface area contributed by atoms with Crippen LogP contribution >= 0.6 is 0 Å². The zero-order chi connectivity index (χ0) is 15.1. The van der Waals surface area contributed by atoms with Gasteiger partial charge in [-0.1, -0.05) is 12.1 Å². The maximum absolute atomic E-state index is 13.4. The molecule has 110 valence electrons. The summed E-state index contributed by atoms with van der Waals surface area (Å²) in [7, 11) is 0. The van der Waals surface area contributed by atoms with Gasteiger partial charge in [0.2, 0.25) is 0 Å². The summed E-state index contributed by atoms with van der Waals surface area (Å²) < 4.78 is 24.0. The molecule has 0 saturated carbocycles. The van der Waals surface area contributed by atoms with E-state index in [-0.39, 0.29) is 12.3 Å². The van der Waals surface area contributed by atoms with Gasteiger partial charge in [-0.05, 0) is 43.3 Å². The maximum Gasteiger partial charge on any atom is 0.262 e. The number of anilines is 1. The van der Waals surface area contributed by atoms with Gasteiger partial charge < -0.3 is 14.8 Å². The molecule has 0 aliphatic heterocycles. The maximum atomic E-state index is 13.4. The quantitative estimate of drug-likeness (QED) is 0.888. The first-order valence-corrected chi connectivity index (χ1v) is 6.59. The topological polar surface area (TPSA) is 47.6 Å². The van der Waals surface area contributed by atoms with Crippen molar-refractivity contribution in [3.8, 4) is 11.5 Å². The van der Waals surface area contributed by atoms with Gasteiger partial charge >= 0.3 is 0 Å². The van der Waals surface area contributed by atoms with E-state index in [1.54, 1.807) is 36.4 Å². The number of benzene rings is 2. The van der Waals surface area contributed by atoms with Crippen LogP contribution in [-0.2, 0) is 4.79 Å². The first-order chi connectivity index (χ1) is 10.2. The molecule has 0 saturated heterocycles. The van der Waals surface area contributed by atoms with Gasteiger partial charge in [-0.15, -0.1) is 0 Å². The van der Waals surface area contributed by atoms with Gasteiger partial charge in [-0.2, -0.15) is 0 Å². The highest BCUT2D eigenvalue weighted by molar-refractivity contribution is 5.91. The van der Waals surface area contributed by atoms with E-state index in [2.05, 4.69) is 5.32 Å². The molecule has 0 fully saturated rings. The molecule has 1 amide bonds. The Hall–Kier alpha value is -2.56. The number of rotatable bonds is 6. The smallest absolute Gasteiger partial charge is 0.262 e. The van der Waals surface area contributed by atoms with E-state index in [0.717, 1.165) is 5.75 Å². The number of hydrogen-bond acceptors (Lipinski definition) is 3. The number of amides is 1. The van der Waals surface area contributed by atoms with Crippen LogP contribution in [0.2, 0.25) is 0 Å². The van der Waals surface area contributed by atoms with Crippen molar-refractivity contribution in [3.05, 3.63) is 54.3 Å². The fourth-order valence-corrected chi connectivity index (χ4v) is 1.70. The zero-order valence-electron chi connectivity index (χ0n) is 11.6. The van der Waals surface area contributed by atoms with E-state index < -0.39 is 11.7 Å². The number of para-hydroxylation sites is 1. The summed E-state index contributed by atoms with van der Waals surface area (Å²) in [5.74, 6) is 0.378. The average Bonchev–Trinajstić information content (AvgIpc) is 2.49. The SMILES string of the molecule is CCOc1ccc(OCC(=O)Nc2ccccc2F)cc1. The number of nitrogens with one attached hydrogen (secondary N) is 1. The molecule has 21 heavy (non-hydrogen) atoms. The van der Waals surface area contributed by atoms with Crippen LogP contribution in [0.5, 0.6) is 11.5 Å². The molecule has 2 aromatic carbocycles. The van der Waals surface area contributed by atoms with E-state index in [1.165, 1.54) is 12.1 Å². The molecule has 0 spiro atoms. The molecule has 0 bridgehead atoms. The lowest BCUT2D eigenvalue weighted by Crippen LogP contribution is -2.20. The second-order valence-electron chi connectivity index (χ2n) is 4.22. The van der Waals surface area contributed by atoms with Gasteiger partial charge in [-0.3, -0.25) is 4.79 Å². The third kappa shape index (κ3) is 4.49. The first kappa shape index (κ1) is 14.8. The van der Waals surface area contributed by atoms with Crippen LogP contribution in [0.4, 0.5) is 10.1 Å². The van der Waals surface area contributed by atoms with Gasteiger partial charge in [0, 0.05) is 0 Å². The monoisotopic (exact) mass is 289 g/mol. The van der Waals surface area contributed by atoms with E-state index in [4.69, 9.17) is 9.47 Å². The summed E-state index contributed by atoms with van der Waals surface area (Å²) in [5.41, 5.74) is 0.137. The Bertz CT molecular complexity index is 599. The molecule has 1 N–H and O–H groups in total. The Morgan fingerprint density at radius 3 is 2.29 bits per heavy atom. The first-order valence-electron chi connectivity index (χ1n) is 6.59. The zero-order valence-corrected chi connectivity index (χ0v) is 11.6. The van der Waals surface area contributed by atoms with Crippen molar-refractivity contribution >= 4 is 11.6 Å². The number of carbonyl (C=O) groups is 1. The van der Waals surface area contributed by atoms with Crippen LogP contribution in [0.25, 0.3) is 0 Å². The molecule has 0 aliphatic rings. The van der Waals surface area contributed by atoms with Crippen molar-refractivity contribution in [2.45, 2.75) is 6.92 Å². The van der Waals surface area contributed by atoms with E-state index in [1.807, 2.05) is 6.92 Å². The normalized spacial score (nSPS) is 10.0. The summed E-state index contributed by atoms with van der Waals surface area (Å²) in [4.78, 5) is 11.7. The van der Waals surface area contributed by atoms with Gasteiger partial charge in [0.05, 0.1) is 12.3 Å². The van der Waals surface area contributed by atoms with Crippen LogP contribution in [0.3, 0.4) is 0 Å². The summed E-state index contributed by atoms with van der Waals surface area (Å²) >= 11 is 0. The summed E-state index contributed by atoms with van der Waals surface area (Å²) in [6.07, 6.45) is 0. The van der Waals surface area contributed by atoms with Crippen molar-refractivity contribution < 1.29 is 18.7 Å². The molecule has 4 nitrogen and oxygen atoms in total. The van der Waals surface area contributed by atoms with Crippen LogP contribution in [-0.4, -0.2) is 19.1 Å². The highest BCUT2D eigenvalue weighted by Crippen LogP contribution is 2.17. The van der Waals surface area contributed by atoms with Gasteiger partial charge in [0.15, 0.2) is 6.61 Å². The minimum atomic E-state index is -0.480. The lowest BCUT2D eigenvalue weighted by molar-refractivity contribution is -0.118. The summed E-state index contributed by atoms with van der Waals surface area (Å²) in [6, 6.07) is 12.9. The molecule has 0 unspecified atom stereocenters. The Labute approximate surface area is 122 Å². The second kappa shape index (κ2) is 7.28. The predicted octanol–water partition coefficient (Wildman–Crippen LogP) is 3.24. The van der Waals surface area contributed by atoms with Crippen molar-refractivity contribution in [1.29, 1.82) is 0 Å². The third-order valence-corrected chi connectivity index (χ3v) is 2.65. The summed E-state index contributed by atoms with van der Waals surface area (Å²) in [6.45, 7) is 2.30. The molecular formula is C16H16FNO3. The van der Waals surface area contributed by atoms with Crippen molar-refractivity contribution in [2.75, 3.05) is 18.5 Å². The fourth-order valence-electron chi connectivity index (χ4n) is 1.70. The highest BCUT2D eigenvalue weighted by Gasteiger charge is 2.07. The predicted molar refractivity (Wildman–Crippen MR) is 78.1 cm³/mol. The molecular weight excluding hydrogens is 273 g/mol. The third-order valence-electron chi connectivity index (χ3n) is 2.65. The van der Waals surface area contributed by atoms with Crippen LogP contribution in [0.15, 0.2) is 48.5 Å². The number of ether oxygens (including phenoxy) is 2. The molecule has 5 heteroatoms. The van der Waals surface area contributed by atoms with Gasteiger partial charge in [0.1, 0.15) is 17.3 Å². The van der Waals surface area contributed by atoms with E-state index in [9.17, 15) is 9.18 Å². The van der Waals surface area contributed by atoms with Crippen LogP contribution in [0, 0.1) is 5.82 Å². The fraction of sp³-hybridized carbons (Fsp3) is 0.188. The minimum absolute atomic E-state index is 0.137. The van der Waals surface area contributed by atoms with Crippen molar-refractivity contribution in [1.82, 2.24) is 0 Å². The van der Waals surface area contributed by atoms with Crippen LogP contribution in [0.1, 0.15) is 6.92 Å². The summed E-state index contributed by atoms with van der Waals surface area (Å²) in [5, 5.41) is 2.45. The number of hydrogen-bond donors (Lipinski definition) is 1. The number of carbonyl (C=O) groups excluding carboxylic acids is 1. The van der Waals surface area contributed by atoms with Crippen LogP contribution < -0.4 is 14.8 Å². The lowest BCUT2D eigenvalue weighted by atomic mass is 10.3. The molecule has 2 aromatic rings. The Morgan fingerprint density at radius 1 is 1.05 bits per heavy atom. The van der Waals surface area contributed by atoms with Crippen molar-refractivity contribution in [3.63, 3.8) is 0 Å². The van der Waals surface area contributed by atoms with Gasteiger partial charge in [0.25, 0.3) is 5.91 Å². The molecule has 0 aliphatic carbocycles. The van der Waals surface area contributed by atoms with E-state index >= 15 is 0 Å². The average molecular weight is 289 g/mol. The standard InChI is InChI=1S/C16H16FNO3/c1-2-20-12-7-9-13(10-8-12)21-11-16(19)18-15-6-4-3-5-14(15)17/h3-10H,2,11H2,1H3,(H,18,19). The Morgan fingerprint density at radius 2 is 1.67 bits per heavy atom. The van der Waals surface area contributed by atoms with Crippen molar-refractivity contribution in [2.24, 2.45) is 0 Å². The lowest BCUT2D eigenvalue weighted by Gasteiger charge is -2.09. The highest BCUT2D eigenvalue weighted by atomic mass is 19.1. The molecule has 0 aromatic heterocycles.